The van der Waals surface area contributed by atoms with Crippen LogP contribution in [-0.4, -0.2) is 74.4 Å². The van der Waals surface area contributed by atoms with Crippen LogP contribution in [0.25, 0.3) is 0 Å². The molecule has 1 atom stereocenters. The Kier molecular flexibility index (Phi) is 6.57. The van der Waals surface area contributed by atoms with Gasteiger partial charge in [0.15, 0.2) is 9.84 Å². The minimum atomic E-state index is -3.08. The molecule has 166 valence electrons. The Labute approximate surface area is 183 Å². The zero-order valence-electron chi connectivity index (χ0n) is 17.5. The number of sulfone groups is 1. The molecule has 0 radical (unpaired) electrons. The van der Waals surface area contributed by atoms with E-state index < -0.39 is 9.84 Å². The molecular weight excluding hydrogens is 417 g/mol. The van der Waals surface area contributed by atoms with Crippen molar-refractivity contribution < 1.29 is 17.6 Å². The number of piperazine rings is 1. The zero-order valence-corrected chi connectivity index (χ0v) is 18.3. The number of carbonyl (C=O) groups is 1. The number of benzene rings is 2. The van der Waals surface area contributed by atoms with Gasteiger partial charge in [0.1, 0.15) is 5.82 Å². The molecule has 2 fully saturated rings. The molecule has 0 unspecified atom stereocenters. The van der Waals surface area contributed by atoms with Crippen LogP contribution in [0.3, 0.4) is 0 Å². The van der Waals surface area contributed by atoms with E-state index >= 15 is 0 Å². The molecule has 0 aliphatic carbocycles. The second kappa shape index (κ2) is 9.36. The summed E-state index contributed by atoms with van der Waals surface area (Å²) < 4.78 is 37.2. The van der Waals surface area contributed by atoms with Crippen molar-refractivity contribution in [1.29, 1.82) is 0 Å². The van der Waals surface area contributed by atoms with Gasteiger partial charge in [-0.05, 0) is 36.2 Å². The Morgan fingerprint density at radius 2 is 1.68 bits per heavy atom. The van der Waals surface area contributed by atoms with Crippen LogP contribution in [0, 0.1) is 5.82 Å². The van der Waals surface area contributed by atoms with Crippen LogP contribution < -0.4 is 4.90 Å². The third kappa shape index (κ3) is 5.62. The van der Waals surface area contributed by atoms with E-state index in [2.05, 4.69) is 9.80 Å². The fourth-order valence-electron chi connectivity index (χ4n) is 4.32. The minimum absolute atomic E-state index is 0.0267. The summed E-state index contributed by atoms with van der Waals surface area (Å²) in [6.45, 7) is 3.68. The number of hydrogen-bond acceptors (Lipinski definition) is 5. The molecule has 2 aromatic rings. The Bertz CT molecular complexity index is 990. The van der Waals surface area contributed by atoms with Crippen molar-refractivity contribution in [2.24, 2.45) is 0 Å². The summed E-state index contributed by atoms with van der Waals surface area (Å²) in [6.07, 6.45) is 0.499. The molecule has 1 amide bonds. The summed E-state index contributed by atoms with van der Waals surface area (Å²) in [5, 5.41) is 0. The highest BCUT2D eigenvalue weighted by molar-refractivity contribution is 7.91. The second-order valence-corrected chi connectivity index (χ2v) is 10.5. The Morgan fingerprint density at radius 3 is 2.29 bits per heavy atom. The predicted molar refractivity (Wildman–Crippen MR) is 119 cm³/mol. The number of hydrogen-bond donors (Lipinski definition) is 0. The number of nitrogens with zero attached hydrogens (tertiary/aromatic N) is 3. The molecule has 2 heterocycles. The van der Waals surface area contributed by atoms with Gasteiger partial charge in [-0.15, -0.1) is 0 Å². The average Bonchev–Trinajstić information content (AvgIpc) is 3.13. The van der Waals surface area contributed by atoms with Crippen molar-refractivity contribution in [2.45, 2.75) is 19.0 Å². The Balaban J connectivity index is 1.38. The molecule has 6 nitrogen and oxygen atoms in total. The minimum Gasteiger partial charge on any atom is -0.369 e. The quantitative estimate of drug-likeness (QED) is 0.682. The molecule has 0 bridgehead atoms. The molecule has 0 spiro atoms. The van der Waals surface area contributed by atoms with E-state index in [0.717, 1.165) is 37.4 Å². The summed E-state index contributed by atoms with van der Waals surface area (Å²) in [7, 11) is -3.08. The monoisotopic (exact) mass is 445 g/mol. The van der Waals surface area contributed by atoms with E-state index in [1.165, 1.54) is 12.1 Å². The molecule has 8 heteroatoms. The maximum absolute atomic E-state index is 13.2. The average molecular weight is 446 g/mol. The lowest BCUT2D eigenvalue weighted by Gasteiger charge is -2.37. The van der Waals surface area contributed by atoms with Gasteiger partial charge in [0.2, 0.25) is 5.91 Å². The van der Waals surface area contributed by atoms with Crippen molar-refractivity contribution in [3.05, 3.63) is 66.0 Å². The highest BCUT2D eigenvalue weighted by atomic mass is 32.2. The van der Waals surface area contributed by atoms with Crippen molar-refractivity contribution in [3.8, 4) is 0 Å². The standard InChI is InChI=1S/C23H28FN3O3S/c24-20-6-8-21(9-7-20)26-13-11-25(12-14-26)17-23(28)27(16-19-4-2-1-3-5-19)22-10-15-31(29,30)18-22/h1-9,22H,10-18H2/t22-/m0/s1. The van der Waals surface area contributed by atoms with Gasteiger partial charge in [-0.2, -0.15) is 0 Å². The zero-order chi connectivity index (χ0) is 21.8. The van der Waals surface area contributed by atoms with Crippen molar-refractivity contribution in [3.63, 3.8) is 0 Å². The highest BCUT2D eigenvalue weighted by Crippen LogP contribution is 2.21. The SMILES string of the molecule is O=C(CN1CCN(c2ccc(F)cc2)CC1)N(Cc1ccccc1)[C@H]1CCS(=O)(=O)C1. The van der Waals surface area contributed by atoms with E-state index in [4.69, 9.17) is 0 Å². The number of amides is 1. The Hall–Kier alpha value is -2.45. The first-order valence-electron chi connectivity index (χ1n) is 10.7. The number of anilines is 1. The molecule has 2 saturated heterocycles. The normalized spacial score (nSPS) is 21.2. The van der Waals surface area contributed by atoms with Crippen LogP contribution in [0.5, 0.6) is 0 Å². The first-order valence-corrected chi connectivity index (χ1v) is 12.5. The summed E-state index contributed by atoms with van der Waals surface area (Å²) in [5.74, 6) is -0.0853. The summed E-state index contributed by atoms with van der Waals surface area (Å²) >= 11 is 0. The lowest BCUT2D eigenvalue weighted by Crippen LogP contribution is -2.51. The van der Waals surface area contributed by atoms with Gasteiger partial charge in [0, 0.05) is 44.5 Å². The van der Waals surface area contributed by atoms with Crippen molar-refractivity contribution in [1.82, 2.24) is 9.80 Å². The predicted octanol–water partition coefficient (Wildman–Crippen LogP) is 2.16. The maximum Gasteiger partial charge on any atom is 0.237 e. The van der Waals surface area contributed by atoms with Crippen LogP contribution >= 0.6 is 0 Å². The molecule has 2 aromatic carbocycles. The topological polar surface area (TPSA) is 60.9 Å². The van der Waals surface area contributed by atoms with Gasteiger partial charge in [-0.1, -0.05) is 30.3 Å². The van der Waals surface area contributed by atoms with Crippen LogP contribution in [0.2, 0.25) is 0 Å². The van der Waals surface area contributed by atoms with Crippen LogP contribution in [0.15, 0.2) is 54.6 Å². The van der Waals surface area contributed by atoms with Crippen molar-refractivity contribution in [2.75, 3.05) is 49.1 Å². The van der Waals surface area contributed by atoms with Crippen LogP contribution in [0.4, 0.5) is 10.1 Å². The van der Waals surface area contributed by atoms with Crippen LogP contribution in [-0.2, 0) is 21.2 Å². The molecular formula is C23H28FN3O3S. The van der Waals surface area contributed by atoms with Crippen LogP contribution in [0.1, 0.15) is 12.0 Å². The number of halogens is 1. The van der Waals surface area contributed by atoms with Gasteiger partial charge in [0.25, 0.3) is 0 Å². The molecule has 2 aliphatic rings. The fourth-order valence-corrected chi connectivity index (χ4v) is 6.05. The third-order valence-corrected chi connectivity index (χ3v) is 7.84. The third-order valence-electron chi connectivity index (χ3n) is 6.09. The van der Waals surface area contributed by atoms with E-state index in [-0.39, 0.29) is 35.8 Å². The van der Waals surface area contributed by atoms with Gasteiger partial charge >= 0.3 is 0 Å². The largest absolute Gasteiger partial charge is 0.369 e. The van der Waals surface area contributed by atoms with Gasteiger partial charge < -0.3 is 9.80 Å². The van der Waals surface area contributed by atoms with Crippen molar-refractivity contribution >= 4 is 21.4 Å². The first-order chi connectivity index (χ1) is 14.9. The molecule has 0 N–H and O–H groups in total. The van der Waals surface area contributed by atoms with Gasteiger partial charge in [-0.3, -0.25) is 9.69 Å². The summed E-state index contributed by atoms with van der Waals surface area (Å²) in [6, 6.07) is 15.9. The molecule has 2 aliphatic heterocycles. The van der Waals surface area contributed by atoms with E-state index in [0.29, 0.717) is 13.0 Å². The summed E-state index contributed by atoms with van der Waals surface area (Å²) in [4.78, 5) is 19.3. The van der Waals surface area contributed by atoms with E-state index in [1.54, 1.807) is 17.0 Å². The maximum atomic E-state index is 13.2. The molecule has 4 rings (SSSR count). The first kappa shape index (κ1) is 21.8. The lowest BCUT2D eigenvalue weighted by molar-refractivity contribution is -0.135. The highest BCUT2D eigenvalue weighted by Gasteiger charge is 2.35. The number of rotatable bonds is 6. The molecule has 31 heavy (non-hydrogen) atoms. The lowest BCUT2D eigenvalue weighted by atomic mass is 10.1. The van der Waals surface area contributed by atoms with Gasteiger partial charge in [0.05, 0.1) is 18.1 Å². The van der Waals surface area contributed by atoms with E-state index in [1.807, 2.05) is 30.3 Å². The molecule has 0 saturated carbocycles. The fraction of sp³-hybridized carbons (Fsp3) is 0.435. The van der Waals surface area contributed by atoms with E-state index in [9.17, 15) is 17.6 Å². The number of carbonyl (C=O) groups excluding carboxylic acids is 1. The summed E-state index contributed by atoms with van der Waals surface area (Å²) in [5.41, 5.74) is 1.98. The second-order valence-electron chi connectivity index (χ2n) is 8.30. The van der Waals surface area contributed by atoms with Gasteiger partial charge in [-0.25, -0.2) is 12.8 Å². The Morgan fingerprint density at radius 1 is 1.00 bits per heavy atom. The molecule has 0 aromatic heterocycles. The smallest absolute Gasteiger partial charge is 0.237 e.